The first-order chi connectivity index (χ1) is 7.33. The van der Waals surface area contributed by atoms with E-state index in [0.29, 0.717) is 0 Å². The van der Waals surface area contributed by atoms with Crippen LogP contribution in [0.15, 0.2) is 0 Å². The molecule has 1 heteroatoms. The van der Waals surface area contributed by atoms with E-state index in [-0.39, 0.29) is 0 Å². The van der Waals surface area contributed by atoms with Crippen LogP contribution in [-0.4, -0.2) is 7.28 Å². The molecule has 2 unspecified atom stereocenters. The second-order valence-electron chi connectivity index (χ2n) is 5.66. The van der Waals surface area contributed by atoms with Crippen LogP contribution in [0.3, 0.4) is 0 Å². The monoisotopic (exact) mass is 208 g/mol. The molecule has 0 aliphatic heterocycles. The fourth-order valence-electron chi connectivity index (χ4n) is 2.91. The summed E-state index contributed by atoms with van der Waals surface area (Å²) in [7, 11) is 1.41. The molecular formula is C14H29B. The zero-order chi connectivity index (χ0) is 10.9. The molecule has 1 aliphatic rings. The Hall–Kier alpha value is 0.0649. The van der Waals surface area contributed by atoms with Crippen LogP contribution >= 0.6 is 0 Å². The molecule has 2 atom stereocenters. The van der Waals surface area contributed by atoms with Gasteiger partial charge in [-0.3, -0.25) is 0 Å². The molecule has 0 N–H and O–H groups in total. The summed E-state index contributed by atoms with van der Waals surface area (Å²) in [6, 6.07) is 0. The largest absolute Gasteiger partial charge is 0.120 e. The van der Waals surface area contributed by atoms with Gasteiger partial charge in [0, 0.05) is 0 Å². The van der Waals surface area contributed by atoms with Crippen molar-refractivity contribution in [1.29, 1.82) is 0 Å². The predicted octanol–water partition coefficient (Wildman–Crippen LogP) is 4.81. The van der Waals surface area contributed by atoms with E-state index in [0.717, 1.165) is 11.7 Å². The minimum absolute atomic E-state index is 0.988. The second kappa shape index (κ2) is 8.24. The Morgan fingerprint density at radius 1 is 0.733 bits per heavy atom. The normalized spacial score (nSPS) is 31.3. The Balaban J connectivity index is 2.26. The van der Waals surface area contributed by atoms with Crippen LogP contribution < -0.4 is 0 Å². The summed E-state index contributed by atoms with van der Waals surface area (Å²) < 4.78 is 0. The summed E-state index contributed by atoms with van der Waals surface area (Å²) in [5.41, 5.74) is 0. The van der Waals surface area contributed by atoms with Crippen molar-refractivity contribution >= 4 is 7.28 Å². The van der Waals surface area contributed by atoms with Crippen molar-refractivity contribution in [3.63, 3.8) is 0 Å². The maximum absolute atomic E-state index is 2.45. The van der Waals surface area contributed by atoms with Crippen LogP contribution in [0, 0.1) is 5.92 Å². The standard InChI is InChI=1S/C14H29B/c1-13-9-6-4-3-5-7-11-14(15-2)12-8-10-13/h13-15H,3-12H2,1-2H3. The Morgan fingerprint density at radius 3 is 2.00 bits per heavy atom. The first kappa shape index (κ1) is 13.1. The molecule has 0 radical (unpaired) electrons. The molecule has 0 nitrogen and oxygen atoms in total. The second-order valence-corrected chi connectivity index (χ2v) is 5.66. The van der Waals surface area contributed by atoms with Crippen LogP contribution in [0.1, 0.15) is 71.1 Å². The highest BCUT2D eigenvalue weighted by Crippen LogP contribution is 2.26. The fourth-order valence-corrected chi connectivity index (χ4v) is 2.91. The molecule has 0 spiro atoms. The lowest BCUT2D eigenvalue weighted by atomic mass is 9.62. The van der Waals surface area contributed by atoms with Gasteiger partial charge < -0.3 is 0 Å². The number of rotatable bonds is 1. The molecule has 0 amide bonds. The Morgan fingerprint density at radius 2 is 1.27 bits per heavy atom. The smallest absolute Gasteiger partial charge is 0.0891 e. The average Bonchev–Trinajstić information content (AvgIpc) is 2.23. The van der Waals surface area contributed by atoms with E-state index in [9.17, 15) is 0 Å². The number of hydrogen-bond donors (Lipinski definition) is 0. The highest BCUT2D eigenvalue weighted by atomic mass is 14.1. The lowest BCUT2D eigenvalue weighted by molar-refractivity contribution is 0.420. The molecule has 88 valence electrons. The zero-order valence-electron chi connectivity index (χ0n) is 10.9. The summed E-state index contributed by atoms with van der Waals surface area (Å²) in [5.74, 6) is 2.03. The number of hydrogen-bond acceptors (Lipinski definition) is 0. The fraction of sp³-hybridized carbons (Fsp3) is 1.00. The summed E-state index contributed by atoms with van der Waals surface area (Å²) in [5, 5.41) is 0. The molecule has 15 heavy (non-hydrogen) atoms. The van der Waals surface area contributed by atoms with Gasteiger partial charge in [0.05, 0.1) is 0 Å². The minimum atomic E-state index is 0.988. The summed E-state index contributed by atoms with van der Waals surface area (Å²) in [6.45, 7) is 4.83. The lowest BCUT2D eigenvalue weighted by Gasteiger charge is -2.17. The predicted molar refractivity (Wildman–Crippen MR) is 72.1 cm³/mol. The third-order valence-corrected chi connectivity index (χ3v) is 4.20. The molecule has 0 aromatic rings. The van der Waals surface area contributed by atoms with E-state index in [1.165, 1.54) is 71.5 Å². The highest BCUT2D eigenvalue weighted by molar-refractivity contribution is 6.35. The molecule has 0 heterocycles. The van der Waals surface area contributed by atoms with Gasteiger partial charge in [-0.1, -0.05) is 83.8 Å². The van der Waals surface area contributed by atoms with Crippen LogP contribution in [-0.2, 0) is 0 Å². The summed E-state index contributed by atoms with van der Waals surface area (Å²) in [4.78, 5) is 0. The van der Waals surface area contributed by atoms with Gasteiger partial charge in [0.2, 0.25) is 0 Å². The summed E-state index contributed by atoms with van der Waals surface area (Å²) >= 11 is 0. The Labute approximate surface area is 97.5 Å². The van der Waals surface area contributed by atoms with E-state index in [2.05, 4.69) is 13.7 Å². The van der Waals surface area contributed by atoms with Crippen molar-refractivity contribution in [3.8, 4) is 0 Å². The van der Waals surface area contributed by atoms with Gasteiger partial charge in [0.15, 0.2) is 0 Å². The van der Waals surface area contributed by atoms with Gasteiger partial charge in [-0.05, 0) is 5.92 Å². The third-order valence-electron chi connectivity index (χ3n) is 4.20. The van der Waals surface area contributed by atoms with E-state index < -0.39 is 0 Å². The first-order valence-corrected chi connectivity index (χ1v) is 7.33. The van der Waals surface area contributed by atoms with E-state index in [1.54, 1.807) is 0 Å². The van der Waals surface area contributed by atoms with Crippen LogP contribution in [0.25, 0.3) is 0 Å². The average molecular weight is 208 g/mol. The van der Waals surface area contributed by atoms with Gasteiger partial charge in [0.25, 0.3) is 0 Å². The Bertz CT molecular complexity index is 144. The van der Waals surface area contributed by atoms with Crippen LogP contribution in [0.2, 0.25) is 12.6 Å². The molecule has 0 aromatic carbocycles. The molecule has 0 aromatic heterocycles. The third kappa shape index (κ3) is 6.27. The topological polar surface area (TPSA) is 0 Å². The van der Waals surface area contributed by atoms with Gasteiger partial charge in [-0.15, -0.1) is 0 Å². The highest BCUT2D eigenvalue weighted by Gasteiger charge is 2.10. The van der Waals surface area contributed by atoms with Crippen molar-refractivity contribution in [3.05, 3.63) is 0 Å². The Kier molecular flexibility index (Phi) is 7.22. The SMILES string of the molecule is CBC1CCCCCCCC(C)CCC1. The van der Waals surface area contributed by atoms with Crippen molar-refractivity contribution in [2.24, 2.45) is 5.92 Å². The quantitative estimate of drug-likeness (QED) is 0.542. The summed E-state index contributed by atoms with van der Waals surface area (Å²) in [6.07, 6.45) is 14.9. The van der Waals surface area contributed by atoms with E-state index in [4.69, 9.17) is 0 Å². The first-order valence-electron chi connectivity index (χ1n) is 7.33. The maximum atomic E-state index is 2.45. The van der Waals surface area contributed by atoms with Crippen molar-refractivity contribution < 1.29 is 0 Å². The maximum Gasteiger partial charge on any atom is 0.120 e. The molecule has 1 saturated carbocycles. The molecular weight excluding hydrogens is 179 g/mol. The van der Waals surface area contributed by atoms with Crippen molar-refractivity contribution in [2.75, 3.05) is 0 Å². The van der Waals surface area contributed by atoms with Crippen LogP contribution in [0.5, 0.6) is 0 Å². The van der Waals surface area contributed by atoms with E-state index >= 15 is 0 Å². The van der Waals surface area contributed by atoms with E-state index in [1.807, 2.05) is 0 Å². The van der Waals surface area contributed by atoms with Gasteiger partial charge >= 0.3 is 0 Å². The zero-order valence-corrected chi connectivity index (χ0v) is 10.9. The van der Waals surface area contributed by atoms with Gasteiger partial charge in [-0.25, -0.2) is 0 Å². The van der Waals surface area contributed by atoms with Gasteiger partial charge in [-0.2, -0.15) is 0 Å². The molecule has 1 fully saturated rings. The molecule has 1 rings (SSSR count). The minimum Gasteiger partial charge on any atom is -0.0891 e. The molecule has 1 aliphatic carbocycles. The van der Waals surface area contributed by atoms with Crippen LogP contribution in [0.4, 0.5) is 0 Å². The lowest BCUT2D eigenvalue weighted by Crippen LogP contribution is -2.03. The van der Waals surface area contributed by atoms with Crippen molar-refractivity contribution in [2.45, 2.75) is 83.8 Å². The molecule has 0 bridgehead atoms. The molecule has 0 saturated heterocycles. The van der Waals surface area contributed by atoms with Crippen molar-refractivity contribution in [1.82, 2.24) is 0 Å². The van der Waals surface area contributed by atoms with Gasteiger partial charge in [0.1, 0.15) is 7.28 Å².